The van der Waals surface area contributed by atoms with E-state index >= 15 is 0 Å². The molecule has 2 N–H and O–H groups in total. The number of H-pyrrole nitrogens is 1. The van der Waals surface area contributed by atoms with Gasteiger partial charge in [-0.3, -0.25) is 10.1 Å². The highest BCUT2D eigenvalue weighted by atomic mass is 35.5. The van der Waals surface area contributed by atoms with Gasteiger partial charge in [-0.2, -0.15) is 10.4 Å². The molecule has 0 aliphatic carbocycles. The van der Waals surface area contributed by atoms with E-state index in [1.807, 2.05) is 17.9 Å². The average molecular weight is 525 g/mol. The average Bonchev–Trinajstić information content (AvgIpc) is 3.24. The molecule has 0 amide bonds. The summed E-state index contributed by atoms with van der Waals surface area (Å²) in [6.45, 7) is 4.43. The number of aromatic nitrogens is 4. The van der Waals surface area contributed by atoms with Crippen molar-refractivity contribution in [3.63, 3.8) is 0 Å². The van der Waals surface area contributed by atoms with Crippen molar-refractivity contribution in [1.82, 2.24) is 20.2 Å². The van der Waals surface area contributed by atoms with Gasteiger partial charge in [0, 0.05) is 54.3 Å². The van der Waals surface area contributed by atoms with Crippen LogP contribution in [-0.2, 0) is 0 Å². The first-order chi connectivity index (χ1) is 17.2. The first kappa shape index (κ1) is 24.1. The number of fused-ring (bicyclic) bond motifs is 1. The van der Waals surface area contributed by atoms with E-state index in [9.17, 15) is 10.4 Å². The number of nitrogens with one attached hydrogen (secondary N) is 1. The molecule has 4 aromatic rings. The summed E-state index contributed by atoms with van der Waals surface area (Å²) in [5.74, 6) is 1.51. The molecular formula is C25H22Cl2N6O3. The Balaban J connectivity index is 1.52. The second kappa shape index (κ2) is 9.13. The predicted molar refractivity (Wildman–Crippen MR) is 137 cm³/mol. The van der Waals surface area contributed by atoms with Crippen LogP contribution in [0.3, 0.4) is 0 Å². The van der Waals surface area contributed by atoms with E-state index in [4.69, 9.17) is 32.7 Å². The monoisotopic (exact) mass is 524 g/mol. The molecule has 0 bridgehead atoms. The maximum atomic E-state index is 10.1. The van der Waals surface area contributed by atoms with E-state index in [1.165, 1.54) is 12.4 Å². The van der Waals surface area contributed by atoms with Gasteiger partial charge in [0.05, 0.1) is 33.8 Å². The lowest BCUT2D eigenvalue weighted by molar-refractivity contribution is 0.0305. The van der Waals surface area contributed by atoms with Crippen molar-refractivity contribution in [2.24, 2.45) is 0 Å². The second-order valence-electron chi connectivity index (χ2n) is 8.96. The number of aromatic amines is 1. The van der Waals surface area contributed by atoms with Gasteiger partial charge in [0.15, 0.2) is 11.5 Å². The molecule has 0 radical (unpaired) electrons. The summed E-state index contributed by atoms with van der Waals surface area (Å²) >= 11 is 12.6. The third-order valence-corrected chi connectivity index (χ3v) is 6.67. The minimum absolute atomic E-state index is 0.401. The van der Waals surface area contributed by atoms with Gasteiger partial charge >= 0.3 is 0 Å². The van der Waals surface area contributed by atoms with Crippen LogP contribution in [0.1, 0.15) is 31.1 Å². The predicted octanol–water partition coefficient (Wildman–Crippen LogP) is 4.92. The molecule has 4 heterocycles. The lowest BCUT2D eigenvalue weighted by atomic mass is 9.96. The number of aliphatic hydroxyl groups is 1. The Labute approximate surface area is 217 Å². The molecule has 11 heteroatoms. The SMILES string of the molecule is COc1cc2[nH]nc(-c3cnc(N4CC(C)(O)C4)c(C#N)c3)c2cc1O[C@H](C)c1c(Cl)cncc1Cl. The van der Waals surface area contributed by atoms with Crippen molar-refractivity contribution >= 4 is 39.9 Å². The summed E-state index contributed by atoms with van der Waals surface area (Å²) in [4.78, 5) is 10.4. The zero-order valence-corrected chi connectivity index (χ0v) is 21.2. The van der Waals surface area contributed by atoms with Crippen LogP contribution in [0.25, 0.3) is 22.2 Å². The Morgan fingerprint density at radius 3 is 2.53 bits per heavy atom. The molecular weight excluding hydrogens is 503 g/mol. The van der Waals surface area contributed by atoms with Gasteiger partial charge in [-0.05, 0) is 26.0 Å². The third-order valence-electron chi connectivity index (χ3n) is 6.07. The van der Waals surface area contributed by atoms with Crippen molar-refractivity contribution < 1.29 is 14.6 Å². The van der Waals surface area contributed by atoms with E-state index in [0.717, 1.165) is 10.9 Å². The van der Waals surface area contributed by atoms with Gasteiger partial charge in [0.25, 0.3) is 0 Å². The number of nitrogens with zero attached hydrogens (tertiary/aromatic N) is 5. The number of β-amino-alcohol motifs (C(OH)–C–C–N with tert-alkyl or cyclic N) is 1. The minimum atomic E-state index is -0.775. The fourth-order valence-corrected chi connectivity index (χ4v) is 5.07. The second-order valence-corrected chi connectivity index (χ2v) is 9.77. The Morgan fingerprint density at radius 2 is 1.89 bits per heavy atom. The van der Waals surface area contributed by atoms with E-state index in [-0.39, 0.29) is 0 Å². The summed E-state index contributed by atoms with van der Waals surface area (Å²) in [5.41, 5.74) is 2.24. The summed E-state index contributed by atoms with van der Waals surface area (Å²) in [6, 6.07) is 7.56. The molecule has 5 rings (SSSR count). The number of halogens is 2. The lowest BCUT2D eigenvalue weighted by Gasteiger charge is -2.45. The number of methoxy groups -OCH3 is 1. The molecule has 1 aromatic carbocycles. The van der Waals surface area contributed by atoms with Crippen molar-refractivity contribution in [3.05, 3.63) is 58.0 Å². The molecule has 184 valence electrons. The van der Waals surface area contributed by atoms with Crippen LogP contribution >= 0.6 is 23.2 Å². The molecule has 1 atom stereocenters. The molecule has 0 unspecified atom stereocenters. The largest absolute Gasteiger partial charge is 0.493 e. The third kappa shape index (κ3) is 4.28. The normalized spacial score (nSPS) is 15.3. The van der Waals surface area contributed by atoms with Crippen LogP contribution in [0.5, 0.6) is 11.5 Å². The van der Waals surface area contributed by atoms with Crippen LogP contribution in [0.15, 0.2) is 36.8 Å². The standard InChI is InChI=1S/C25H22Cl2N6O3/c1-13(22-17(26)9-29-10-18(22)27)36-21-5-16-19(6-20(21)35-3)31-32-23(16)15-4-14(7-28)24(30-8-15)33-11-25(2,34)12-33/h4-6,8-10,13,34H,11-12H2,1-3H3,(H,31,32)/t13-/m1/s1. The fraction of sp³-hybridized carbons (Fsp3) is 0.280. The molecule has 1 aliphatic rings. The fourth-order valence-electron chi connectivity index (χ4n) is 4.40. The van der Waals surface area contributed by atoms with E-state index in [2.05, 4.69) is 26.2 Å². The van der Waals surface area contributed by atoms with Gasteiger partial charge in [-0.15, -0.1) is 0 Å². The maximum Gasteiger partial charge on any atom is 0.162 e. The van der Waals surface area contributed by atoms with Crippen molar-refractivity contribution in [1.29, 1.82) is 5.26 Å². The van der Waals surface area contributed by atoms with E-state index in [1.54, 1.807) is 32.4 Å². The molecule has 0 spiro atoms. The Morgan fingerprint density at radius 1 is 1.17 bits per heavy atom. The van der Waals surface area contributed by atoms with Crippen molar-refractivity contribution in [3.8, 4) is 28.8 Å². The van der Waals surface area contributed by atoms with Crippen LogP contribution in [0.2, 0.25) is 10.0 Å². The molecule has 0 saturated carbocycles. The zero-order chi connectivity index (χ0) is 25.6. The summed E-state index contributed by atoms with van der Waals surface area (Å²) in [7, 11) is 1.55. The Hall–Kier alpha value is -3.58. The van der Waals surface area contributed by atoms with Crippen LogP contribution < -0.4 is 14.4 Å². The van der Waals surface area contributed by atoms with E-state index in [0.29, 0.717) is 62.8 Å². The Bertz CT molecular complexity index is 1490. The number of hydrogen-bond acceptors (Lipinski definition) is 8. The first-order valence-corrected chi connectivity index (χ1v) is 11.9. The van der Waals surface area contributed by atoms with Gasteiger partial charge in [-0.1, -0.05) is 23.2 Å². The summed E-state index contributed by atoms with van der Waals surface area (Å²) in [6.07, 6.45) is 4.21. The van der Waals surface area contributed by atoms with Crippen LogP contribution in [-0.4, -0.2) is 51.1 Å². The summed E-state index contributed by atoms with van der Waals surface area (Å²) in [5, 5.41) is 28.8. The zero-order valence-electron chi connectivity index (χ0n) is 19.7. The number of rotatable bonds is 6. The number of pyridine rings is 2. The molecule has 9 nitrogen and oxygen atoms in total. The molecule has 1 saturated heterocycles. The maximum absolute atomic E-state index is 10.1. The van der Waals surface area contributed by atoms with Gasteiger partial charge in [0.2, 0.25) is 0 Å². The number of ether oxygens (including phenoxy) is 2. The lowest BCUT2D eigenvalue weighted by Crippen LogP contribution is -2.60. The first-order valence-electron chi connectivity index (χ1n) is 11.1. The molecule has 3 aromatic heterocycles. The van der Waals surface area contributed by atoms with Gasteiger partial charge in [-0.25, -0.2) is 4.98 Å². The van der Waals surface area contributed by atoms with Gasteiger partial charge < -0.3 is 19.5 Å². The van der Waals surface area contributed by atoms with Crippen molar-refractivity contribution in [2.75, 3.05) is 25.1 Å². The highest BCUT2D eigenvalue weighted by Crippen LogP contribution is 2.40. The smallest absolute Gasteiger partial charge is 0.162 e. The number of benzene rings is 1. The Kier molecular flexibility index (Phi) is 6.12. The highest BCUT2D eigenvalue weighted by molar-refractivity contribution is 6.35. The molecule has 36 heavy (non-hydrogen) atoms. The van der Waals surface area contributed by atoms with E-state index < -0.39 is 11.7 Å². The topological polar surface area (TPSA) is 120 Å². The quantitative estimate of drug-likeness (QED) is 0.364. The summed E-state index contributed by atoms with van der Waals surface area (Å²) < 4.78 is 11.8. The minimum Gasteiger partial charge on any atom is -0.493 e. The highest BCUT2D eigenvalue weighted by Gasteiger charge is 2.38. The molecule has 1 fully saturated rings. The van der Waals surface area contributed by atoms with Crippen molar-refractivity contribution in [2.45, 2.75) is 25.6 Å². The number of nitriles is 1. The van der Waals surface area contributed by atoms with Crippen LogP contribution in [0.4, 0.5) is 5.82 Å². The number of hydrogen-bond donors (Lipinski definition) is 2. The molecule has 1 aliphatic heterocycles. The van der Waals surface area contributed by atoms with Crippen LogP contribution in [0, 0.1) is 11.3 Å². The van der Waals surface area contributed by atoms with Gasteiger partial charge in [0.1, 0.15) is 23.7 Å². The number of anilines is 1.